The first-order chi connectivity index (χ1) is 12.4. The average Bonchev–Trinajstić information content (AvgIpc) is 2.65. The molecule has 0 saturated heterocycles. The standard InChI is InChI=1S/C19H24N2O3S2/c1-4-13-20-19(22)14-21(16-7-5-15(2)6-8-16)26(23,24)18-11-9-17(25-3)10-12-18/h5-12H,4,13-14H2,1-3H3,(H,20,22). The van der Waals surface area contributed by atoms with E-state index in [2.05, 4.69) is 5.32 Å². The summed E-state index contributed by atoms with van der Waals surface area (Å²) >= 11 is 1.54. The topological polar surface area (TPSA) is 66.5 Å². The molecule has 0 atom stereocenters. The van der Waals surface area contributed by atoms with E-state index in [0.29, 0.717) is 12.2 Å². The third kappa shape index (κ3) is 5.02. The second-order valence-electron chi connectivity index (χ2n) is 5.87. The maximum absolute atomic E-state index is 13.2. The lowest BCUT2D eigenvalue weighted by Gasteiger charge is -2.24. The first-order valence-electron chi connectivity index (χ1n) is 8.38. The molecule has 1 N–H and O–H groups in total. The lowest BCUT2D eigenvalue weighted by Crippen LogP contribution is -2.41. The molecule has 0 aliphatic heterocycles. The minimum atomic E-state index is -3.85. The van der Waals surface area contributed by atoms with Crippen LogP contribution in [0.4, 0.5) is 5.69 Å². The van der Waals surface area contributed by atoms with Crippen molar-refractivity contribution in [2.75, 3.05) is 23.7 Å². The van der Waals surface area contributed by atoms with Crippen molar-refractivity contribution in [3.05, 3.63) is 54.1 Å². The van der Waals surface area contributed by atoms with E-state index in [4.69, 9.17) is 0 Å². The van der Waals surface area contributed by atoms with Gasteiger partial charge in [-0.2, -0.15) is 0 Å². The van der Waals surface area contributed by atoms with Crippen LogP contribution in [0.25, 0.3) is 0 Å². The molecule has 5 nitrogen and oxygen atoms in total. The molecule has 0 saturated carbocycles. The number of rotatable bonds is 8. The number of hydrogen-bond acceptors (Lipinski definition) is 4. The lowest BCUT2D eigenvalue weighted by atomic mass is 10.2. The predicted molar refractivity (Wildman–Crippen MR) is 107 cm³/mol. The molecule has 7 heteroatoms. The maximum atomic E-state index is 13.2. The van der Waals surface area contributed by atoms with Gasteiger partial charge in [-0.15, -0.1) is 11.8 Å². The number of aryl methyl sites for hydroxylation is 1. The highest BCUT2D eigenvalue weighted by Crippen LogP contribution is 2.25. The first-order valence-corrected chi connectivity index (χ1v) is 11.0. The molecule has 0 fully saturated rings. The number of amides is 1. The Hall–Kier alpha value is -1.99. The van der Waals surface area contributed by atoms with Gasteiger partial charge in [0.25, 0.3) is 10.0 Å². The van der Waals surface area contributed by atoms with E-state index in [1.54, 1.807) is 48.2 Å². The number of carbonyl (C=O) groups is 1. The van der Waals surface area contributed by atoms with Gasteiger partial charge in [-0.25, -0.2) is 8.42 Å². The van der Waals surface area contributed by atoms with Gasteiger partial charge in [-0.1, -0.05) is 24.6 Å². The number of sulfonamides is 1. The van der Waals surface area contributed by atoms with Crippen LogP contribution in [0.2, 0.25) is 0 Å². The quantitative estimate of drug-likeness (QED) is 0.699. The summed E-state index contributed by atoms with van der Waals surface area (Å²) in [5.74, 6) is -0.322. The molecule has 0 unspecified atom stereocenters. The Morgan fingerprint density at radius 3 is 2.23 bits per heavy atom. The summed E-state index contributed by atoms with van der Waals surface area (Å²) in [5.41, 5.74) is 1.49. The van der Waals surface area contributed by atoms with Crippen molar-refractivity contribution in [3.63, 3.8) is 0 Å². The summed E-state index contributed by atoms with van der Waals surface area (Å²) in [5, 5.41) is 2.74. The van der Waals surface area contributed by atoms with E-state index in [9.17, 15) is 13.2 Å². The number of anilines is 1. The minimum Gasteiger partial charge on any atom is -0.355 e. The smallest absolute Gasteiger partial charge is 0.264 e. The Bertz CT molecular complexity index is 832. The number of carbonyl (C=O) groups excluding carboxylic acids is 1. The lowest BCUT2D eigenvalue weighted by molar-refractivity contribution is -0.119. The van der Waals surface area contributed by atoms with Crippen LogP contribution in [0.1, 0.15) is 18.9 Å². The Morgan fingerprint density at radius 2 is 1.69 bits per heavy atom. The number of nitrogens with one attached hydrogen (secondary N) is 1. The molecule has 0 heterocycles. The molecule has 2 aromatic carbocycles. The van der Waals surface area contributed by atoms with Gasteiger partial charge in [0.15, 0.2) is 0 Å². The van der Waals surface area contributed by atoms with Gasteiger partial charge in [0, 0.05) is 11.4 Å². The number of nitrogens with zero attached hydrogens (tertiary/aromatic N) is 1. The van der Waals surface area contributed by atoms with Crippen LogP contribution in [-0.4, -0.2) is 33.7 Å². The fraction of sp³-hybridized carbons (Fsp3) is 0.316. The molecule has 140 valence electrons. The van der Waals surface area contributed by atoms with E-state index < -0.39 is 10.0 Å². The summed E-state index contributed by atoms with van der Waals surface area (Å²) < 4.78 is 27.5. The van der Waals surface area contributed by atoms with Crippen molar-refractivity contribution in [2.24, 2.45) is 0 Å². The van der Waals surface area contributed by atoms with E-state index in [-0.39, 0.29) is 17.3 Å². The summed E-state index contributed by atoms with van der Waals surface area (Å²) in [6.07, 6.45) is 2.72. The summed E-state index contributed by atoms with van der Waals surface area (Å²) in [6, 6.07) is 13.8. The SMILES string of the molecule is CCCNC(=O)CN(c1ccc(C)cc1)S(=O)(=O)c1ccc(SC)cc1. The van der Waals surface area contributed by atoms with E-state index in [1.807, 2.05) is 32.2 Å². The molecule has 0 radical (unpaired) electrons. The fourth-order valence-corrected chi connectivity index (χ4v) is 4.18. The van der Waals surface area contributed by atoms with Crippen molar-refractivity contribution >= 4 is 33.4 Å². The van der Waals surface area contributed by atoms with E-state index in [0.717, 1.165) is 21.2 Å². The monoisotopic (exact) mass is 392 g/mol. The Labute approximate surface area is 159 Å². The summed E-state index contributed by atoms with van der Waals surface area (Å²) in [4.78, 5) is 13.4. The Balaban J connectivity index is 2.40. The molecule has 2 rings (SSSR count). The Kier molecular flexibility index (Phi) is 7.11. The zero-order valence-corrected chi connectivity index (χ0v) is 16.9. The van der Waals surface area contributed by atoms with Gasteiger partial charge in [0.1, 0.15) is 6.54 Å². The van der Waals surface area contributed by atoms with Crippen molar-refractivity contribution in [1.82, 2.24) is 5.32 Å². The highest BCUT2D eigenvalue weighted by Gasteiger charge is 2.27. The van der Waals surface area contributed by atoms with Gasteiger partial charge in [-0.05, 0) is 56.0 Å². The van der Waals surface area contributed by atoms with Crippen LogP contribution in [-0.2, 0) is 14.8 Å². The molecule has 2 aromatic rings. The third-order valence-corrected chi connectivity index (χ3v) is 6.36. The largest absolute Gasteiger partial charge is 0.355 e. The molecule has 1 amide bonds. The zero-order chi connectivity index (χ0) is 19.2. The molecular formula is C19H24N2O3S2. The normalized spacial score (nSPS) is 11.2. The van der Waals surface area contributed by atoms with Gasteiger partial charge >= 0.3 is 0 Å². The van der Waals surface area contributed by atoms with Crippen LogP contribution in [0.15, 0.2) is 58.3 Å². The Morgan fingerprint density at radius 1 is 1.08 bits per heavy atom. The summed E-state index contributed by atoms with van der Waals surface area (Å²) in [7, 11) is -3.85. The first kappa shape index (κ1) is 20.3. The van der Waals surface area contributed by atoms with E-state index in [1.165, 1.54) is 0 Å². The molecule has 26 heavy (non-hydrogen) atoms. The molecular weight excluding hydrogens is 368 g/mol. The maximum Gasteiger partial charge on any atom is 0.264 e. The van der Waals surface area contributed by atoms with Crippen LogP contribution < -0.4 is 9.62 Å². The van der Waals surface area contributed by atoms with Gasteiger partial charge < -0.3 is 5.32 Å². The molecule has 0 bridgehead atoms. The van der Waals surface area contributed by atoms with Crippen molar-refractivity contribution in [2.45, 2.75) is 30.1 Å². The molecule has 0 aliphatic rings. The van der Waals surface area contributed by atoms with E-state index >= 15 is 0 Å². The van der Waals surface area contributed by atoms with Gasteiger partial charge in [-0.3, -0.25) is 9.10 Å². The third-order valence-electron chi connectivity index (χ3n) is 3.83. The number of thioether (sulfide) groups is 1. The van der Waals surface area contributed by atoms with Gasteiger partial charge in [0.2, 0.25) is 5.91 Å². The van der Waals surface area contributed by atoms with Crippen molar-refractivity contribution in [3.8, 4) is 0 Å². The predicted octanol–water partition coefficient (Wildman–Crippen LogP) is 3.44. The molecule has 0 aliphatic carbocycles. The zero-order valence-electron chi connectivity index (χ0n) is 15.2. The van der Waals surface area contributed by atoms with Crippen LogP contribution >= 0.6 is 11.8 Å². The molecule has 0 spiro atoms. The van der Waals surface area contributed by atoms with Crippen LogP contribution in [0, 0.1) is 6.92 Å². The number of hydrogen-bond donors (Lipinski definition) is 1. The van der Waals surface area contributed by atoms with Crippen LogP contribution in [0.3, 0.4) is 0 Å². The highest BCUT2D eigenvalue weighted by molar-refractivity contribution is 7.98. The molecule has 0 aromatic heterocycles. The highest BCUT2D eigenvalue weighted by atomic mass is 32.2. The fourth-order valence-electron chi connectivity index (χ4n) is 2.35. The van der Waals surface area contributed by atoms with Crippen molar-refractivity contribution in [1.29, 1.82) is 0 Å². The van der Waals surface area contributed by atoms with Crippen molar-refractivity contribution < 1.29 is 13.2 Å². The second kappa shape index (κ2) is 9.09. The second-order valence-corrected chi connectivity index (χ2v) is 8.61. The van der Waals surface area contributed by atoms with Gasteiger partial charge in [0.05, 0.1) is 10.6 Å². The van der Waals surface area contributed by atoms with Crippen LogP contribution in [0.5, 0.6) is 0 Å². The summed E-state index contributed by atoms with van der Waals surface area (Å²) in [6.45, 7) is 4.14. The average molecular weight is 393 g/mol. The minimum absolute atomic E-state index is 0.166. The number of benzene rings is 2.